The van der Waals surface area contributed by atoms with Crippen LogP contribution in [0, 0.1) is 12.3 Å². The third-order valence-corrected chi connectivity index (χ3v) is 5.35. The molecule has 3 rings (SSSR count). The number of carbonyl (C=O) groups is 2. The summed E-state index contributed by atoms with van der Waals surface area (Å²) in [5, 5.41) is 5.73. The fourth-order valence-corrected chi connectivity index (χ4v) is 3.81. The fraction of sp³-hybridized carbons (Fsp3) is 0.333. The summed E-state index contributed by atoms with van der Waals surface area (Å²) in [6.07, 6.45) is 7.72. The Morgan fingerprint density at radius 3 is 2.85 bits per heavy atom. The number of carbonyl (C=O) groups excluding carboxylic acids is 2. The highest BCUT2D eigenvalue weighted by atomic mass is 35.5. The number of ether oxygens (including phenoxy) is 1. The summed E-state index contributed by atoms with van der Waals surface area (Å²) in [6.45, 7) is 1.13. The summed E-state index contributed by atoms with van der Waals surface area (Å²) in [7, 11) is 0. The van der Waals surface area contributed by atoms with Crippen LogP contribution in [0.25, 0.3) is 0 Å². The van der Waals surface area contributed by atoms with Crippen molar-refractivity contribution in [2.45, 2.75) is 18.8 Å². The van der Waals surface area contributed by atoms with Crippen LogP contribution in [0.3, 0.4) is 0 Å². The summed E-state index contributed by atoms with van der Waals surface area (Å²) in [4.78, 5) is 34.2. The van der Waals surface area contributed by atoms with E-state index in [1.165, 1.54) is 17.5 Å². The third-order valence-electron chi connectivity index (χ3n) is 4.12. The number of aromatic nitrogens is 2. The monoisotopic (exact) mass is 404 g/mol. The summed E-state index contributed by atoms with van der Waals surface area (Å²) in [6, 6.07) is 3.28. The summed E-state index contributed by atoms with van der Waals surface area (Å²) < 4.78 is 4.94. The predicted octanol–water partition coefficient (Wildman–Crippen LogP) is 3.39. The molecule has 0 spiro atoms. The Bertz CT molecular complexity index is 854. The molecule has 1 aliphatic rings. The second-order valence-electron chi connectivity index (χ2n) is 5.91. The lowest BCUT2D eigenvalue weighted by atomic mass is 9.98. The molecule has 1 saturated heterocycles. The van der Waals surface area contributed by atoms with Gasteiger partial charge in [0.15, 0.2) is 6.61 Å². The highest BCUT2D eigenvalue weighted by Gasteiger charge is 2.27. The number of likely N-dealkylation sites (tertiary alicyclic amines) is 1. The zero-order chi connectivity index (χ0) is 19.2. The SMILES string of the molecule is C#CCOC(=O)N1CCC(c2nc(C(=O)Nc3ccc(Cl)nc3)cs2)CC1. The van der Waals surface area contributed by atoms with Crippen molar-refractivity contribution >= 4 is 40.6 Å². The molecule has 0 atom stereocenters. The smallest absolute Gasteiger partial charge is 0.410 e. The van der Waals surface area contributed by atoms with E-state index >= 15 is 0 Å². The van der Waals surface area contributed by atoms with Crippen molar-refractivity contribution < 1.29 is 14.3 Å². The minimum atomic E-state index is -0.387. The van der Waals surface area contributed by atoms with Crippen LogP contribution in [0.15, 0.2) is 23.7 Å². The zero-order valence-corrected chi connectivity index (χ0v) is 15.9. The first kappa shape index (κ1) is 19.1. The molecule has 0 saturated carbocycles. The van der Waals surface area contributed by atoms with E-state index in [4.69, 9.17) is 22.8 Å². The molecule has 0 aromatic carbocycles. The van der Waals surface area contributed by atoms with Gasteiger partial charge in [-0.1, -0.05) is 17.5 Å². The van der Waals surface area contributed by atoms with Crippen molar-refractivity contribution in [3.05, 3.63) is 39.6 Å². The van der Waals surface area contributed by atoms with Gasteiger partial charge in [0, 0.05) is 24.4 Å². The first-order valence-electron chi connectivity index (χ1n) is 8.30. The lowest BCUT2D eigenvalue weighted by molar-refractivity contribution is 0.102. The molecule has 140 valence electrons. The molecule has 1 fully saturated rings. The number of terminal acetylenes is 1. The van der Waals surface area contributed by atoms with Crippen molar-refractivity contribution in [2.75, 3.05) is 25.0 Å². The summed E-state index contributed by atoms with van der Waals surface area (Å²) >= 11 is 7.18. The molecule has 9 heteroatoms. The van der Waals surface area contributed by atoms with Gasteiger partial charge in [0.2, 0.25) is 0 Å². The maximum atomic E-state index is 12.3. The van der Waals surface area contributed by atoms with Crippen LogP contribution in [0.2, 0.25) is 5.15 Å². The lowest BCUT2D eigenvalue weighted by Gasteiger charge is -2.30. The second-order valence-corrected chi connectivity index (χ2v) is 7.19. The van der Waals surface area contributed by atoms with E-state index in [1.807, 2.05) is 0 Å². The van der Waals surface area contributed by atoms with Gasteiger partial charge in [0.1, 0.15) is 10.8 Å². The normalized spacial score (nSPS) is 14.4. The number of hydrogen-bond donors (Lipinski definition) is 1. The predicted molar refractivity (Wildman–Crippen MR) is 103 cm³/mol. The average molecular weight is 405 g/mol. The molecule has 27 heavy (non-hydrogen) atoms. The average Bonchev–Trinajstić information content (AvgIpc) is 3.18. The highest BCUT2D eigenvalue weighted by Crippen LogP contribution is 2.30. The molecule has 2 amide bonds. The molecule has 3 heterocycles. The lowest BCUT2D eigenvalue weighted by Crippen LogP contribution is -2.38. The number of nitrogens with one attached hydrogen (secondary N) is 1. The van der Waals surface area contributed by atoms with Crippen LogP contribution in [0.4, 0.5) is 10.5 Å². The van der Waals surface area contributed by atoms with Gasteiger partial charge >= 0.3 is 6.09 Å². The topological polar surface area (TPSA) is 84.4 Å². The minimum Gasteiger partial charge on any atom is -0.436 e. The molecule has 2 aromatic rings. The molecule has 1 aliphatic heterocycles. The van der Waals surface area contributed by atoms with E-state index in [1.54, 1.807) is 22.4 Å². The van der Waals surface area contributed by atoms with Crippen molar-refractivity contribution in [1.29, 1.82) is 0 Å². The van der Waals surface area contributed by atoms with E-state index in [0.717, 1.165) is 17.8 Å². The number of thiazole rings is 1. The van der Waals surface area contributed by atoms with Crippen molar-refractivity contribution in [1.82, 2.24) is 14.9 Å². The molecule has 7 nitrogen and oxygen atoms in total. The number of rotatable bonds is 4. The number of anilines is 1. The number of pyridine rings is 1. The van der Waals surface area contributed by atoms with Crippen LogP contribution in [-0.2, 0) is 4.74 Å². The number of amides is 2. The van der Waals surface area contributed by atoms with Gasteiger partial charge in [-0.15, -0.1) is 17.8 Å². The molecule has 1 N–H and O–H groups in total. The number of hydrogen-bond acceptors (Lipinski definition) is 6. The highest BCUT2D eigenvalue weighted by molar-refractivity contribution is 7.10. The molecule has 2 aromatic heterocycles. The number of nitrogens with zero attached hydrogens (tertiary/aromatic N) is 3. The largest absolute Gasteiger partial charge is 0.436 e. The Hall–Kier alpha value is -2.63. The zero-order valence-electron chi connectivity index (χ0n) is 14.4. The van der Waals surface area contributed by atoms with Gasteiger partial charge in [-0.25, -0.2) is 14.8 Å². The maximum absolute atomic E-state index is 12.3. The molecular weight excluding hydrogens is 388 g/mol. The third kappa shape index (κ3) is 4.96. The fourth-order valence-electron chi connectivity index (χ4n) is 2.73. The first-order valence-corrected chi connectivity index (χ1v) is 9.56. The maximum Gasteiger partial charge on any atom is 0.410 e. The Morgan fingerprint density at radius 1 is 1.41 bits per heavy atom. The van der Waals surface area contributed by atoms with E-state index in [2.05, 4.69) is 21.2 Å². The van der Waals surface area contributed by atoms with Gasteiger partial charge in [-0.3, -0.25) is 4.79 Å². The Labute approximate surface area is 165 Å². The van der Waals surface area contributed by atoms with E-state index in [-0.39, 0.29) is 24.5 Å². The van der Waals surface area contributed by atoms with Crippen LogP contribution in [-0.4, -0.2) is 46.6 Å². The molecule has 0 aliphatic carbocycles. The van der Waals surface area contributed by atoms with Gasteiger partial charge in [0.05, 0.1) is 16.9 Å². The van der Waals surface area contributed by atoms with Gasteiger partial charge in [0.25, 0.3) is 5.91 Å². The molecule has 0 radical (unpaired) electrons. The standard InChI is InChI=1S/C18H17ClN4O3S/c1-2-9-26-18(25)23-7-5-12(6-8-23)17-22-14(11-27-17)16(24)21-13-3-4-15(19)20-10-13/h1,3-4,10-12H,5-9H2,(H,21,24). The van der Waals surface area contributed by atoms with Crippen molar-refractivity contribution in [3.8, 4) is 12.3 Å². The Kier molecular flexibility index (Phi) is 6.27. The number of halogens is 1. The summed E-state index contributed by atoms with van der Waals surface area (Å²) in [5.74, 6) is 2.20. The van der Waals surface area contributed by atoms with E-state index in [9.17, 15) is 9.59 Å². The van der Waals surface area contributed by atoms with E-state index < -0.39 is 0 Å². The van der Waals surface area contributed by atoms with Gasteiger partial charge < -0.3 is 15.0 Å². The minimum absolute atomic E-state index is 0.0210. The van der Waals surface area contributed by atoms with Crippen molar-refractivity contribution in [2.24, 2.45) is 0 Å². The Balaban J connectivity index is 1.55. The molecule has 0 bridgehead atoms. The van der Waals surface area contributed by atoms with Crippen molar-refractivity contribution in [3.63, 3.8) is 0 Å². The second kappa shape index (κ2) is 8.84. The van der Waals surface area contributed by atoms with Crippen LogP contribution in [0.1, 0.15) is 34.3 Å². The van der Waals surface area contributed by atoms with Crippen LogP contribution < -0.4 is 5.32 Å². The quantitative estimate of drug-likeness (QED) is 0.623. The van der Waals surface area contributed by atoms with Gasteiger partial charge in [-0.2, -0.15) is 0 Å². The Morgan fingerprint density at radius 2 is 2.19 bits per heavy atom. The van der Waals surface area contributed by atoms with E-state index in [0.29, 0.717) is 29.6 Å². The van der Waals surface area contributed by atoms with Crippen LogP contribution >= 0.6 is 22.9 Å². The molecule has 0 unspecified atom stereocenters. The number of piperidine rings is 1. The van der Waals surface area contributed by atoms with Gasteiger partial charge in [-0.05, 0) is 25.0 Å². The molecular formula is C18H17ClN4O3S. The van der Waals surface area contributed by atoms with Crippen LogP contribution in [0.5, 0.6) is 0 Å². The first-order chi connectivity index (χ1) is 13.1. The summed E-state index contributed by atoms with van der Waals surface area (Å²) in [5.41, 5.74) is 0.915.